The predicted octanol–water partition coefficient (Wildman–Crippen LogP) is 2.15. The van der Waals surface area contributed by atoms with Crippen molar-refractivity contribution in [3.63, 3.8) is 0 Å². The summed E-state index contributed by atoms with van der Waals surface area (Å²) < 4.78 is 4.86. The van der Waals surface area contributed by atoms with Gasteiger partial charge >= 0.3 is 12.0 Å². The van der Waals surface area contributed by atoms with Crippen molar-refractivity contribution in [1.29, 1.82) is 0 Å². The van der Waals surface area contributed by atoms with Crippen LogP contribution >= 0.6 is 11.6 Å². The molecule has 0 saturated heterocycles. The number of carboxylic acids is 1. The molecule has 0 radical (unpaired) electrons. The van der Waals surface area contributed by atoms with Crippen LogP contribution in [0.2, 0.25) is 5.02 Å². The van der Waals surface area contributed by atoms with E-state index in [-0.39, 0.29) is 11.3 Å². The number of aromatic carboxylic acids is 1. The van der Waals surface area contributed by atoms with Crippen LogP contribution < -0.4 is 5.32 Å². The Hall–Kier alpha value is -1.79. The first kappa shape index (κ1) is 15.3. The van der Waals surface area contributed by atoms with Crippen LogP contribution in [0.1, 0.15) is 10.4 Å². The second kappa shape index (κ2) is 6.96. The molecule has 0 aliphatic rings. The number of carbonyl (C=O) groups is 2. The Morgan fingerprint density at radius 3 is 2.74 bits per heavy atom. The van der Waals surface area contributed by atoms with E-state index in [2.05, 4.69) is 5.32 Å². The number of carbonyl (C=O) groups excluding carboxylic acids is 1. The minimum Gasteiger partial charge on any atom is -0.478 e. The average Bonchev–Trinajstić information content (AvgIpc) is 2.35. The molecule has 19 heavy (non-hydrogen) atoms. The van der Waals surface area contributed by atoms with Gasteiger partial charge in [-0.25, -0.2) is 9.59 Å². The van der Waals surface area contributed by atoms with Gasteiger partial charge in [-0.1, -0.05) is 11.6 Å². The van der Waals surface area contributed by atoms with Gasteiger partial charge in [0.15, 0.2) is 0 Å². The van der Waals surface area contributed by atoms with Gasteiger partial charge in [-0.2, -0.15) is 0 Å². The summed E-state index contributed by atoms with van der Waals surface area (Å²) in [6.07, 6.45) is 0. The highest BCUT2D eigenvalue weighted by Gasteiger charge is 2.15. The van der Waals surface area contributed by atoms with E-state index in [4.69, 9.17) is 21.4 Å². The SMILES string of the molecule is COCCN(C)C(=O)Nc1cc(Cl)ccc1C(=O)O. The Bertz CT molecular complexity index is 479. The number of hydrogen-bond acceptors (Lipinski definition) is 3. The average molecular weight is 287 g/mol. The molecule has 0 bridgehead atoms. The fraction of sp³-hybridized carbons (Fsp3) is 0.333. The summed E-state index contributed by atoms with van der Waals surface area (Å²) in [4.78, 5) is 24.2. The lowest BCUT2D eigenvalue weighted by Crippen LogP contribution is -2.34. The van der Waals surface area contributed by atoms with Gasteiger partial charge in [0.25, 0.3) is 0 Å². The minimum atomic E-state index is -1.13. The van der Waals surface area contributed by atoms with Crippen LogP contribution in [0.15, 0.2) is 18.2 Å². The van der Waals surface area contributed by atoms with Crippen molar-refractivity contribution in [3.05, 3.63) is 28.8 Å². The highest BCUT2D eigenvalue weighted by atomic mass is 35.5. The van der Waals surface area contributed by atoms with Crippen LogP contribution in [0.25, 0.3) is 0 Å². The molecule has 0 aliphatic carbocycles. The molecule has 2 N–H and O–H groups in total. The molecule has 104 valence electrons. The largest absolute Gasteiger partial charge is 0.478 e. The van der Waals surface area contributed by atoms with E-state index in [1.807, 2.05) is 0 Å². The van der Waals surface area contributed by atoms with Gasteiger partial charge in [-0.15, -0.1) is 0 Å². The molecular weight excluding hydrogens is 272 g/mol. The lowest BCUT2D eigenvalue weighted by Gasteiger charge is -2.18. The molecule has 0 aliphatic heterocycles. The molecule has 7 heteroatoms. The fourth-order valence-corrected chi connectivity index (χ4v) is 1.52. The molecule has 0 heterocycles. The van der Waals surface area contributed by atoms with Gasteiger partial charge in [0.2, 0.25) is 0 Å². The first-order chi connectivity index (χ1) is 8.95. The van der Waals surface area contributed by atoms with Crippen LogP contribution in [-0.2, 0) is 4.74 Å². The van der Waals surface area contributed by atoms with E-state index >= 15 is 0 Å². The van der Waals surface area contributed by atoms with E-state index in [9.17, 15) is 9.59 Å². The summed E-state index contributed by atoms with van der Waals surface area (Å²) >= 11 is 5.79. The van der Waals surface area contributed by atoms with Crippen LogP contribution in [0.3, 0.4) is 0 Å². The third-order valence-electron chi connectivity index (χ3n) is 2.43. The van der Waals surface area contributed by atoms with Gasteiger partial charge < -0.3 is 20.1 Å². The molecule has 0 saturated carbocycles. The molecule has 6 nitrogen and oxygen atoms in total. The molecular formula is C12H15ClN2O4. The van der Waals surface area contributed by atoms with Crippen molar-refractivity contribution in [1.82, 2.24) is 4.90 Å². The lowest BCUT2D eigenvalue weighted by molar-refractivity contribution is 0.0698. The van der Waals surface area contributed by atoms with Gasteiger partial charge in [-0.3, -0.25) is 0 Å². The number of likely N-dealkylation sites (N-methyl/N-ethyl adjacent to an activating group) is 1. The number of carboxylic acid groups (broad SMARTS) is 1. The number of halogens is 1. The number of ether oxygens (including phenoxy) is 1. The minimum absolute atomic E-state index is 0.0158. The molecule has 0 fully saturated rings. The van der Waals surface area contributed by atoms with Gasteiger partial charge in [0.05, 0.1) is 17.9 Å². The highest BCUT2D eigenvalue weighted by molar-refractivity contribution is 6.31. The quantitative estimate of drug-likeness (QED) is 0.869. The Morgan fingerprint density at radius 2 is 2.16 bits per heavy atom. The van der Waals surface area contributed by atoms with Gasteiger partial charge in [-0.05, 0) is 18.2 Å². The number of benzene rings is 1. The van der Waals surface area contributed by atoms with E-state index in [1.165, 1.54) is 30.2 Å². The van der Waals surface area contributed by atoms with Crippen LogP contribution in [-0.4, -0.2) is 49.3 Å². The van der Waals surface area contributed by atoms with Crippen molar-refractivity contribution in [2.24, 2.45) is 0 Å². The third-order valence-corrected chi connectivity index (χ3v) is 2.67. The zero-order valence-corrected chi connectivity index (χ0v) is 11.4. The standard InChI is InChI=1S/C12H15ClN2O4/c1-15(5-6-19-2)12(18)14-10-7-8(13)3-4-9(10)11(16)17/h3-4,7H,5-6H2,1-2H3,(H,14,18)(H,16,17). The fourth-order valence-electron chi connectivity index (χ4n) is 1.35. The van der Waals surface area contributed by atoms with E-state index in [0.29, 0.717) is 18.2 Å². The topological polar surface area (TPSA) is 78.9 Å². The van der Waals surface area contributed by atoms with Crippen molar-refractivity contribution in [3.8, 4) is 0 Å². The summed E-state index contributed by atoms with van der Waals surface area (Å²) in [7, 11) is 3.12. The van der Waals surface area contributed by atoms with Crippen molar-refractivity contribution in [2.45, 2.75) is 0 Å². The maximum atomic E-state index is 11.8. The highest BCUT2D eigenvalue weighted by Crippen LogP contribution is 2.21. The van der Waals surface area contributed by atoms with Gasteiger partial charge in [0, 0.05) is 25.7 Å². The maximum absolute atomic E-state index is 11.8. The molecule has 2 amide bonds. The van der Waals surface area contributed by atoms with Crippen LogP contribution in [0.4, 0.5) is 10.5 Å². The number of methoxy groups -OCH3 is 1. The molecule has 0 aromatic heterocycles. The van der Waals surface area contributed by atoms with Crippen molar-refractivity contribution in [2.75, 3.05) is 32.6 Å². The monoisotopic (exact) mass is 286 g/mol. The summed E-state index contributed by atoms with van der Waals surface area (Å²) in [5, 5.41) is 11.9. The van der Waals surface area contributed by atoms with Crippen molar-refractivity contribution < 1.29 is 19.4 Å². The molecule has 1 rings (SSSR count). The first-order valence-electron chi connectivity index (χ1n) is 5.49. The normalized spacial score (nSPS) is 10.1. The van der Waals surface area contributed by atoms with Gasteiger partial charge in [0.1, 0.15) is 0 Å². The molecule has 1 aromatic rings. The summed E-state index contributed by atoms with van der Waals surface area (Å²) in [6.45, 7) is 0.788. The first-order valence-corrected chi connectivity index (χ1v) is 5.87. The van der Waals surface area contributed by atoms with Crippen molar-refractivity contribution >= 4 is 29.3 Å². The van der Waals surface area contributed by atoms with Crippen LogP contribution in [0.5, 0.6) is 0 Å². The van der Waals surface area contributed by atoms with E-state index in [0.717, 1.165) is 0 Å². The number of urea groups is 1. The Kier molecular flexibility index (Phi) is 5.59. The summed E-state index contributed by atoms with van der Waals surface area (Å²) in [6, 6.07) is 3.76. The number of hydrogen-bond donors (Lipinski definition) is 2. The Morgan fingerprint density at radius 1 is 1.47 bits per heavy atom. The predicted molar refractivity (Wildman–Crippen MR) is 71.9 cm³/mol. The van der Waals surface area contributed by atoms with E-state index < -0.39 is 12.0 Å². The smallest absolute Gasteiger partial charge is 0.337 e. The van der Waals surface area contributed by atoms with Crippen LogP contribution in [0, 0.1) is 0 Å². The molecule has 0 spiro atoms. The Labute approximate surface area is 115 Å². The molecule has 1 aromatic carbocycles. The number of anilines is 1. The second-order valence-corrected chi connectivity index (χ2v) is 4.28. The zero-order valence-electron chi connectivity index (χ0n) is 10.6. The zero-order chi connectivity index (χ0) is 14.4. The second-order valence-electron chi connectivity index (χ2n) is 3.84. The molecule has 0 unspecified atom stereocenters. The maximum Gasteiger partial charge on any atom is 0.337 e. The van der Waals surface area contributed by atoms with E-state index in [1.54, 1.807) is 7.05 Å². The lowest BCUT2D eigenvalue weighted by atomic mass is 10.2. The number of amides is 2. The summed E-state index contributed by atoms with van der Waals surface area (Å²) in [5.74, 6) is -1.13. The molecule has 0 atom stereocenters. The summed E-state index contributed by atoms with van der Waals surface area (Å²) in [5.41, 5.74) is 0.146. The Balaban J connectivity index is 2.83. The number of nitrogens with one attached hydrogen (secondary N) is 1. The number of nitrogens with zero attached hydrogens (tertiary/aromatic N) is 1. The number of rotatable bonds is 5. The third kappa shape index (κ3) is 4.42.